The lowest BCUT2D eigenvalue weighted by Gasteiger charge is -2.25. The highest BCUT2D eigenvalue weighted by atomic mass is 35.5. The van der Waals surface area contributed by atoms with Gasteiger partial charge in [0.2, 0.25) is 5.91 Å². The molecule has 2 aromatic carbocycles. The SMILES string of the molecule is Cc1cc(-c2c(Cl)cccc2Cl)cc([C@@H](CNC(=O)C(CC(C)C)n2cc(CCN(C)C)c(C(F)(F)F)cc2=O)CC(=O)O)c1F. The van der Waals surface area contributed by atoms with Crippen LogP contribution < -0.4 is 10.9 Å². The zero-order valence-electron chi connectivity index (χ0n) is 26.1. The van der Waals surface area contributed by atoms with Gasteiger partial charge in [0.15, 0.2) is 0 Å². The van der Waals surface area contributed by atoms with E-state index in [-0.39, 0.29) is 48.5 Å². The number of hydrogen-bond acceptors (Lipinski definition) is 4. The topological polar surface area (TPSA) is 91.6 Å². The number of rotatable bonds is 13. The van der Waals surface area contributed by atoms with Gasteiger partial charge in [-0.2, -0.15) is 13.2 Å². The van der Waals surface area contributed by atoms with Gasteiger partial charge in [-0.25, -0.2) is 4.39 Å². The Morgan fingerprint density at radius 3 is 2.26 bits per heavy atom. The minimum Gasteiger partial charge on any atom is -0.481 e. The summed E-state index contributed by atoms with van der Waals surface area (Å²) < 4.78 is 58.1. The van der Waals surface area contributed by atoms with Crippen molar-refractivity contribution in [3.05, 3.63) is 91.1 Å². The minimum atomic E-state index is -4.77. The van der Waals surface area contributed by atoms with Crippen molar-refractivity contribution < 1.29 is 32.3 Å². The van der Waals surface area contributed by atoms with Crippen molar-refractivity contribution in [2.24, 2.45) is 5.92 Å². The normalized spacial score (nSPS) is 13.2. The third kappa shape index (κ3) is 9.33. The first-order valence-corrected chi connectivity index (χ1v) is 15.4. The number of nitrogens with zero attached hydrogens (tertiary/aromatic N) is 2. The largest absolute Gasteiger partial charge is 0.481 e. The van der Waals surface area contributed by atoms with Gasteiger partial charge in [-0.05, 0) is 86.3 Å². The van der Waals surface area contributed by atoms with Crippen LogP contribution >= 0.6 is 23.2 Å². The van der Waals surface area contributed by atoms with Crippen LogP contribution in [0.4, 0.5) is 17.6 Å². The van der Waals surface area contributed by atoms with E-state index in [2.05, 4.69) is 5.32 Å². The van der Waals surface area contributed by atoms with E-state index in [0.717, 1.165) is 10.8 Å². The number of carbonyl (C=O) groups is 2. The molecule has 13 heteroatoms. The number of hydrogen-bond donors (Lipinski definition) is 2. The van der Waals surface area contributed by atoms with Crippen LogP contribution in [0, 0.1) is 18.7 Å². The molecule has 0 spiro atoms. The lowest BCUT2D eigenvalue weighted by molar-refractivity contribution is -0.139. The summed E-state index contributed by atoms with van der Waals surface area (Å²) in [5.74, 6) is -3.84. The van der Waals surface area contributed by atoms with Crippen LogP contribution in [0.2, 0.25) is 10.0 Å². The first-order chi connectivity index (χ1) is 21.4. The van der Waals surface area contributed by atoms with E-state index in [1.165, 1.54) is 19.1 Å². The quantitative estimate of drug-likeness (QED) is 0.184. The number of halogens is 6. The Labute approximate surface area is 275 Å². The maximum Gasteiger partial charge on any atom is 0.416 e. The van der Waals surface area contributed by atoms with Crippen LogP contribution in [0.1, 0.15) is 60.9 Å². The number of pyridine rings is 1. The molecule has 2 atom stereocenters. The number of aliphatic carboxylic acids is 1. The number of likely N-dealkylation sites (N-methyl/N-ethyl adjacent to an activating group) is 1. The molecule has 1 aromatic heterocycles. The molecule has 46 heavy (non-hydrogen) atoms. The lowest BCUT2D eigenvalue weighted by Crippen LogP contribution is -2.40. The predicted octanol–water partition coefficient (Wildman–Crippen LogP) is 7.35. The van der Waals surface area contributed by atoms with Gasteiger partial charge in [-0.1, -0.05) is 43.1 Å². The number of benzene rings is 2. The van der Waals surface area contributed by atoms with Crippen molar-refractivity contribution in [2.45, 2.75) is 58.2 Å². The van der Waals surface area contributed by atoms with Gasteiger partial charge in [0.1, 0.15) is 11.9 Å². The number of carboxylic acid groups (broad SMARTS) is 1. The summed E-state index contributed by atoms with van der Waals surface area (Å²) in [7, 11) is 3.41. The fourth-order valence-electron chi connectivity index (χ4n) is 5.29. The molecule has 1 unspecified atom stereocenters. The van der Waals surface area contributed by atoms with E-state index in [4.69, 9.17) is 23.2 Å². The van der Waals surface area contributed by atoms with Crippen LogP contribution in [0.25, 0.3) is 11.1 Å². The molecule has 1 amide bonds. The second-order valence-corrected chi connectivity index (χ2v) is 12.8. The second kappa shape index (κ2) is 15.5. The summed E-state index contributed by atoms with van der Waals surface area (Å²) in [6.45, 7) is 5.02. The van der Waals surface area contributed by atoms with Gasteiger partial charge in [0, 0.05) is 46.9 Å². The summed E-state index contributed by atoms with van der Waals surface area (Å²) in [6.07, 6.45) is -4.17. The smallest absolute Gasteiger partial charge is 0.416 e. The molecule has 1 heterocycles. The van der Waals surface area contributed by atoms with Crippen LogP contribution in [-0.4, -0.2) is 53.6 Å². The van der Waals surface area contributed by atoms with Gasteiger partial charge < -0.3 is 19.9 Å². The third-order valence-corrected chi connectivity index (χ3v) is 8.18. The molecule has 0 fully saturated rings. The molecule has 0 radical (unpaired) electrons. The minimum absolute atomic E-state index is 0.00626. The molecule has 3 rings (SSSR count). The highest BCUT2D eigenvalue weighted by molar-refractivity contribution is 6.39. The van der Waals surface area contributed by atoms with Crippen molar-refractivity contribution in [1.82, 2.24) is 14.8 Å². The van der Waals surface area contributed by atoms with E-state index in [1.807, 2.05) is 0 Å². The molecular formula is C33H37Cl2F4N3O4. The van der Waals surface area contributed by atoms with E-state index in [9.17, 15) is 32.7 Å². The number of aryl methyl sites for hydroxylation is 1. The highest BCUT2D eigenvalue weighted by Gasteiger charge is 2.35. The monoisotopic (exact) mass is 685 g/mol. The van der Waals surface area contributed by atoms with Crippen molar-refractivity contribution >= 4 is 35.1 Å². The molecule has 0 bridgehead atoms. The summed E-state index contributed by atoms with van der Waals surface area (Å²) in [4.78, 5) is 40.3. The average Bonchev–Trinajstić information content (AvgIpc) is 2.94. The molecular weight excluding hydrogens is 649 g/mol. The summed E-state index contributed by atoms with van der Waals surface area (Å²) >= 11 is 12.8. The molecule has 0 aliphatic rings. The molecule has 3 aromatic rings. The first kappa shape index (κ1) is 37.1. The van der Waals surface area contributed by atoms with Crippen LogP contribution in [-0.2, 0) is 22.2 Å². The molecule has 0 aliphatic heterocycles. The number of carboxylic acids is 1. The third-order valence-electron chi connectivity index (χ3n) is 7.55. The summed E-state index contributed by atoms with van der Waals surface area (Å²) in [5.41, 5.74) is -1.13. The molecule has 0 saturated heterocycles. The fourth-order valence-corrected chi connectivity index (χ4v) is 5.91. The van der Waals surface area contributed by atoms with Crippen molar-refractivity contribution in [2.75, 3.05) is 27.2 Å². The van der Waals surface area contributed by atoms with E-state index in [1.54, 1.807) is 51.0 Å². The average molecular weight is 687 g/mol. The van der Waals surface area contributed by atoms with Gasteiger partial charge in [0.05, 0.1) is 12.0 Å². The van der Waals surface area contributed by atoms with Gasteiger partial charge in [-0.15, -0.1) is 0 Å². The number of aromatic nitrogens is 1. The summed E-state index contributed by atoms with van der Waals surface area (Å²) in [5, 5.41) is 12.9. The lowest BCUT2D eigenvalue weighted by atomic mass is 9.90. The number of alkyl halides is 3. The van der Waals surface area contributed by atoms with Crippen LogP contribution in [0.3, 0.4) is 0 Å². The maximum absolute atomic E-state index is 15.6. The van der Waals surface area contributed by atoms with Gasteiger partial charge in [-0.3, -0.25) is 14.4 Å². The molecule has 250 valence electrons. The first-order valence-electron chi connectivity index (χ1n) is 14.6. The van der Waals surface area contributed by atoms with E-state index >= 15 is 4.39 Å². The van der Waals surface area contributed by atoms with Crippen LogP contribution in [0.15, 0.2) is 47.4 Å². The molecule has 0 saturated carbocycles. The van der Waals surface area contributed by atoms with Gasteiger partial charge in [0.25, 0.3) is 5.56 Å². The molecule has 2 N–H and O–H groups in total. The standard InChI is InChI=1S/C33H37Cl2F4N3O4/c1-18(2)11-27(42-17-20(9-10-41(4)5)24(15-28(42)43)33(37,38)39)32(46)40-16-22(14-29(44)45)23-13-21(12-19(3)31(23)36)30-25(34)7-6-8-26(30)35/h6-8,12-13,15,17-18,22,27H,9-11,14,16H2,1-5H3,(H,40,46)(H,44,45)/t22-,27?/m1/s1. The van der Waals surface area contributed by atoms with Crippen LogP contribution in [0.5, 0.6) is 0 Å². The van der Waals surface area contributed by atoms with E-state index in [0.29, 0.717) is 27.2 Å². The zero-order valence-corrected chi connectivity index (χ0v) is 27.7. The summed E-state index contributed by atoms with van der Waals surface area (Å²) in [6, 6.07) is 7.14. The van der Waals surface area contributed by atoms with E-state index < -0.39 is 53.4 Å². The Morgan fingerprint density at radius 2 is 1.72 bits per heavy atom. The Hall–Kier alpha value is -3.41. The molecule has 7 nitrogen and oxygen atoms in total. The Morgan fingerprint density at radius 1 is 1.09 bits per heavy atom. The Bertz CT molecular complexity index is 1620. The number of carbonyl (C=O) groups excluding carboxylic acids is 1. The number of nitrogens with one attached hydrogen (secondary N) is 1. The Balaban J connectivity index is 2.03. The molecule has 0 aliphatic carbocycles. The van der Waals surface area contributed by atoms with Crippen molar-refractivity contribution in [3.8, 4) is 11.1 Å². The highest BCUT2D eigenvalue weighted by Crippen LogP contribution is 2.38. The zero-order chi connectivity index (χ0) is 34.5. The van der Waals surface area contributed by atoms with Crippen molar-refractivity contribution in [1.29, 1.82) is 0 Å². The maximum atomic E-state index is 15.6. The van der Waals surface area contributed by atoms with Crippen molar-refractivity contribution in [3.63, 3.8) is 0 Å². The predicted molar refractivity (Wildman–Crippen MR) is 171 cm³/mol. The fraction of sp³-hybridized carbons (Fsp3) is 0.424. The van der Waals surface area contributed by atoms with Gasteiger partial charge >= 0.3 is 12.1 Å². The Kier molecular flexibility index (Phi) is 12.4. The number of amides is 1. The second-order valence-electron chi connectivity index (χ2n) is 12.0.